The van der Waals surface area contributed by atoms with Crippen molar-refractivity contribution in [2.45, 2.75) is 0 Å². The largest absolute Gasteiger partial charge is 0.450 e. The first-order valence-corrected chi connectivity index (χ1v) is 5.17. The Bertz CT molecular complexity index is 581. The summed E-state index contributed by atoms with van der Waals surface area (Å²) in [6.07, 6.45) is 0.555. The molecular formula is C13H9NO4. The summed E-state index contributed by atoms with van der Waals surface area (Å²) in [6.45, 7) is 0. The first kappa shape index (κ1) is 11.8. The molecule has 0 atom stereocenters. The molecule has 0 amide bonds. The van der Waals surface area contributed by atoms with E-state index in [0.29, 0.717) is 12.0 Å². The summed E-state index contributed by atoms with van der Waals surface area (Å²) in [7, 11) is 0. The molecule has 0 spiro atoms. The molecule has 0 saturated carbocycles. The van der Waals surface area contributed by atoms with Gasteiger partial charge in [0, 0.05) is 11.6 Å². The minimum Gasteiger partial charge on any atom is -0.450 e. The average molecular weight is 243 g/mol. The van der Waals surface area contributed by atoms with Crippen molar-refractivity contribution in [1.82, 2.24) is 0 Å². The minimum atomic E-state index is -0.578. The first-order chi connectivity index (χ1) is 8.70. The number of benzene rings is 2. The Morgan fingerprint density at radius 1 is 1.11 bits per heavy atom. The Hall–Kier alpha value is -2.69. The number of ether oxygens (including phenoxy) is 1. The van der Waals surface area contributed by atoms with E-state index in [4.69, 9.17) is 4.74 Å². The van der Waals surface area contributed by atoms with Gasteiger partial charge in [-0.2, -0.15) is 0 Å². The average Bonchev–Trinajstić information content (AvgIpc) is 2.40. The topological polar surface area (TPSA) is 69.4 Å². The molecule has 90 valence electrons. The van der Waals surface area contributed by atoms with Crippen LogP contribution in [0.5, 0.6) is 11.5 Å². The molecule has 0 aliphatic carbocycles. The number of hydrogen-bond donors (Lipinski definition) is 0. The summed E-state index contributed by atoms with van der Waals surface area (Å²) in [5, 5.41) is 10.9. The van der Waals surface area contributed by atoms with Gasteiger partial charge in [-0.25, -0.2) is 0 Å². The second kappa shape index (κ2) is 5.09. The molecule has 0 unspecified atom stereocenters. The fraction of sp³-hybridized carbons (Fsp3) is 0. The highest BCUT2D eigenvalue weighted by atomic mass is 16.6. The number of aldehydes is 1. The Kier molecular flexibility index (Phi) is 3.33. The van der Waals surface area contributed by atoms with Gasteiger partial charge >= 0.3 is 5.69 Å². The monoisotopic (exact) mass is 243 g/mol. The van der Waals surface area contributed by atoms with Gasteiger partial charge in [-0.05, 0) is 24.3 Å². The van der Waals surface area contributed by atoms with Gasteiger partial charge in [0.2, 0.25) is 5.75 Å². The molecule has 2 aromatic carbocycles. The summed E-state index contributed by atoms with van der Waals surface area (Å²) < 4.78 is 5.41. The molecule has 0 aliphatic rings. The molecule has 0 saturated heterocycles. The van der Waals surface area contributed by atoms with Gasteiger partial charge in [0.15, 0.2) is 0 Å². The van der Waals surface area contributed by atoms with E-state index in [0.717, 1.165) is 0 Å². The Balaban J connectivity index is 2.38. The molecule has 2 aromatic rings. The van der Waals surface area contributed by atoms with E-state index in [9.17, 15) is 14.9 Å². The molecule has 5 heteroatoms. The van der Waals surface area contributed by atoms with Crippen LogP contribution in [0.25, 0.3) is 0 Å². The second-order valence-electron chi connectivity index (χ2n) is 3.52. The van der Waals surface area contributed by atoms with Crippen molar-refractivity contribution < 1.29 is 14.5 Å². The highest BCUT2D eigenvalue weighted by Crippen LogP contribution is 2.31. The Morgan fingerprint density at radius 3 is 2.44 bits per heavy atom. The van der Waals surface area contributed by atoms with E-state index in [1.807, 2.05) is 6.07 Å². The lowest BCUT2D eigenvalue weighted by Crippen LogP contribution is -1.95. The maximum atomic E-state index is 10.9. The third kappa shape index (κ3) is 2.52. The molecule has 18 heavy (non-hydrogen) atoms. The lowest BCUT2D eigenvalue weighted by atomic mass is 10.2. The van der Waals surface area contributed by atoms with Gasteiger partial charge in [-0.3, -0.25) is 14.9 Å². The smallest absolute Gasteiger partial charge is 0.312 e. The summed E-state index contributed by atoms with van der Waals surface area (Å²) >= 11 is 0. The quantitative estimate of drug-likeness (QED) is 0.469. The number of hydrogen-bond acceptors (Lipinski definition) is 4. The van der Waals surface area contributed by atoms with Gasteiger partial charge in [0.05, 0.1) is 4.92 Å². The van der Waals surface area contributed by atoms with Crippen molar-refractivity contribution in [3.05, 3.63) is 64.2 Å². The van der Waals surface area contributed by atoms with Crippen molar-refractivity contribution in [3.8, 4) is 11.5 Å². The van der Waals surface area contributed by atoms with Gasteiger partial charge in [-0.1, -0.05) is 18.2 Å². The number of nitrogens with zero attached hydrogens (tertiary/aromatic N) is 1. The normalized spacial score (nSPS) is 9.78. The number of carbonyl (C=O) groups is 1. The molecule has 0 fully saturated rings. The maximum Gasteiger partial charge on any atom is 0.312 e. The van der Waals surface area contributed by atoms with Crippen LogP contribution in [0.2, 0.25) is 0 Å². The molecule has 0 N–H and O–H groups in total. The molecule has 2 rings (SSSR count). The first-order valence-electron chi connectivity index (χ1n) is 5.17. The van der Waals surface area contributed by atoms with Crippen molar-refractivity contribution >= 4 is 12.0 Å². The van der Waals surface area contributed by atoms with Crippen LogP contribution in [0, 0.1) is 10.1 Å². The molecule has 5 nitrogen and oxygen atoms in total. The van der Waals surface area contributed by atoms with E-state index in [1.165, 1.54) is 18.2 Å². The fourth-order valence-electron chi connectivity index (χ4n) is 1.45. The van der Waals surface area contributed by atoms with E-state index >= 15 is 0 Å². The van der Waals surface area contributed by atoms with Gasteiger partial charge < -0.3 is 4.74 Å². The number of nitro benzene ring substituents is 1. The van der Waals surface area contributed by atoms with Gasteiger partial charge in [0.1, 0.15) is 12.0 Å². The summed E-state index contributed by atoms with van der Waals surface area (Å²) in [6, 6.07) is 12.8. The predicted molar refractivity (Wildman–Crippen MR) is 65.0 cm³/mol. The van der Waals surface area contributed by atoms with Crippen LogP contribution in [0.15, 0.2) is 48.5 Å². The lowest BCUT2D eigenvalue weighted by Gasteiger charge is -2.06. The summed E-state index contributed by atoms with van der Waals surface area (Å²) in [5.41, 5.74) is 0.00515. The van der Waals surface area contributed by atoms with Crippen LogP contribution in [0.3, 0.4) is 0 Å². The summed E-state index contributed by atoms with van der Waals surface area (Å²) in [5.74, 6) is 0.608. The predicted octanol–water partition coefficient (Wildman–Crippen LogP) is 3.20. The minimum absolute atomic E-state index is 0.108. The zero-order valence-electron chi connectivity index (χ0n) is 9.28. The van der Waals surface area contributed by atoms with E-state index in [1.54, 1.807) is 24.3 Å². The number of para-hydroxylation sites is 1. The van der Waals surface area contributed by atoms with Crippen LogP contribution in [-0.4, -0.2) is 11.2 Å². The van der Waals surface area contributed by atoms with Crippen molar-refractivity contribution in [2.75, 3.05) is 0 Å². The zero-order chi connectivity index (χ0) is 13.0. The highest BCUT2D eigenvalue weighted by Gasteiger charge is 2.16. The van der Waals surface area contributed by atoms with Crippen molar-refractivity contribution in [2.24, 2.45) is 0 Å². The molecule has 0 bridgehead atoms. The third-order valence-electron chi connectivity index (χ3n) is 2.29. The molecule has 0 aromatic heterocycles. The Morgan fingerprint density at radius 2 is 1.83 bits per heavy atom. The second-order valence-corrected chi connectivity index (χ2v) is 3.52. The van der Waals surface area contributed by atoms with E-state index in [2.05, 4.69) is 0 Å². The van der Waals surface area contributed by atoms with Crippen molar-refractivity contribution in [3.63, 3.8) is 0 Å². The SMILES string of the molecule is O=Cc1ccc(Oc2ccccc2)c([N+](=O)[O-])c1. The van der Waals surface area contributed by atoms with Crippen LogP contribution < -0.4 is 4.74 Å². The van der Waals surface area contributed by atoms with Gasteiger partial charge in [0.25, 0.3) is 0 Å². The van der Waals surface area contributed by atoms with Crippen LogP contribution in [-0.2, 0) is 0 Å². The third-order valence-corrected chi connectivity index (χ3v) is 2.29. The number of rotatable bonds is 4. The molecule has 0 heterocycles. The lowest BCUT2D eigenvalue weighted by molar-refractivity contribution is -0.385. The molecule has 0 radical (unpaired) electrons. The maximum absolute atomic E-state index is 10.9. The summed E-state index contributed by atoms with van der Waals surface area (Å²) in [4.78, 5) is 20.9. The van der Waals surface area contributed by atoms with Crippen LogP contribution in [0.1, 0.15) is 10.4 Å². The van der Waals surface area contributed by atoms with Crippen molar-refractivity contribution in [1.29, 1.82) is 0 Å². The number of carbonyl (C=O) groups excluding carboxylic acids is 1. The van der Waals surface area contributed by atoms with Crippen LogP contribution in [0.4, 0.5) is 5.69 Å². The standard InChI is InChI=1S/C13H9NO4/c15-9-10-6-7-13(12(8-10)14(16)17)18-11-4-2-1-3-5-11/h1-9H. The van der Waals surface area contributed by atoms with Gasteiger partial charge in [-0.15, -0.1) is 0 Å². The van der Waals surface area contributed by atoms with E-state index < -0.39 is 4.92 Å². The fourth-order valence-corrected chi connectivity index (χ4v) is 1.45. The highest BCUT2D eigenvalue weighted by molar-refractivity contribution is 5.77. The van der Waals surface area contributed by atoms with Crippen LogP contribution >= 0.6 is 0 Å². The molecule has 0 aliphatic heterocycles. The Labute approximate surface area is 103 Å². The molecular weight excluding hydrogens is 234 g/mol. The number of nitro groups is 1. The zero-order valence-corrected chi connectivity index (χ0v) is 9.28. The van der Waals surface area contributed by atoms with E-state index in [-0.39, 0.29) is 17.0 Å².